The van der Waals surface area contributed by atoms with Gasteiger partial charge in [-0.1, -0.05) is 30.4 Å². The van der Waals surface area contributed by atoms with Crippen LogP contribution in [0.2, 0.25) is 0 Å². The van der Waals surface area contributed by atoms with Crippen LogP contribution in [0.1, 0.15) is 17.3 Å². The highest BCUT2D eigenvalue weighted by atomic mass is 32.2. The van der Waals surface area contributed by atoms with Gasteiger partial charge in [0.2, 0.25) is 0 Å². The standard InChI is InChI=1S/C28H28F3N5O3S/c1-3-6-23(28(29,30)31)24(32-2)19-35-15-17-36(18-16-35)27(37)21-10-12-22(13-11-21)34-40(38,39)25-9-4-7-20-8-5-14-33-26(20)25/h3-14,34H,2,15-19H2,1H3/b6-3-,24-23+. The number of nitrogens with zero attached hydrogens (tertiary/aromatic N) is 4. The van der Waals surface area contributed by atoms with Gasteiger partial charge in [-0.2, -0.15) is 13.2 Å². The number of hydrogen-bond donors (Lipinski definition) is 1. The summed E-state index contributed by atoms with van der Waals surface area (Å²) >= 11 is 0. The summed E-state index contributed by atoms with van der Waals surface area (Å²) in [6, 6.07) is 14.5. The first-order valence-electron chi connectivity index (χ1n) is 12.4. The molecule has 1 aliphatic heterocycles. The van der Waals surface area contributed by atoms with E-state index in [2.05, 4.69) is 21.4 Å². The van der Waals surface area contributed by atoms with Crippen molar-refractivity contribution in [2.24, 2.45) is 4.99 Å². The molecular weight excluding hydrogens is 543 g/mol. The highest BCUT2D eigenvalue weighted by Gasteiger charge is 2.35. The van der Waals surface area contributed by atoms with E-state index in [1.165, 1.54) is 49.5 Å². The Kier molecular flexibility index (Phi) is 8.70. The molecule has 0 spiro atoms. The minimum absolute atomic E-state index is 0.0359. The Bertz CT molecular complexity index is 1550. The smallest absolute Gasteiger partial charge is 0.336 e. The lowest BCUT2D eigenvalue weighted by atomic mass is 10.1. The summed E-state index contributed by atoms with van der Waals surface area (Å²) < 4.78 is 68.8. The van der Waals surface area contributed by atoms with Gasteiger partial charge in [-0.3, -0.25) is 24.4 Å². The van der Waals surface area contributed by atoms with Gasteiger partial charge in [-0.15, -0.1) is 0 Å². The molecule has 4 rings (SSSR count). The van der Waals surface area contributed by atoms with E-state index in [-0.39, 0.29) is 28.7 Å². The highest BCUT2D eigenvalue weighted by molar-refractivity contribution is 7.93. The maximum atomic E-state index is 13.4. The van der Waals surface area contributed by atoms with E-state index in [0.29, 0.717) is 42.6 Å². The topological polar surface area (TPSA) is 95.0 Å². The van der Waals surface area contributed by atoms with Crippen LogP contribution in [0.4, 0.5) is 18.9 Å². The second-order valence-electron chi connectivity index (χ2n) is 9.10. The number of anilines is 1. The maximum absolute atomic E-state index is 13.4. The Morgan fingerprint density at radius 2 is 1.75 bits per heavy atom. The van der Waals surface area contributed by atoms with Crippen LogP contribution in [0.25, 0.3) is 10.9 Å². The molecule has 0 radical (unpaired) electrons. The van der Waals surface area contributed by atoms with Crippen LogP contribution in [0.15, 0.2) is 94.1 Å². The molecule has 1 amide bonds. The van der Waals surface area contributed by atoms with Gasteiger partial charge in [0.25, 0.3) is 15.9 Å². The van der Waals surface area contributed by atoms with Crippen LogP contribution in [0.5, 0.6) is 0 Å². The van der Waals surface area contributed by atoms with Gasteiger partial charge in [0.05, 0.1) is 16.8 Å². The van der Waals surface area contributed by atoms with E-state index < -0.39 is 21.8 Å². The number of fused-ring (bicyclic) bond motifs is 1. The number of rotatable bonds is 8. The molecule has 2 heterocycles. The van der Waals surface area contributed by atoms with Crippen molar-refractivity contribution in [3.05, 3.63) is 89.8 Å². The SMILES string of the molecule is C=N/C(CN1CCN(C(=O)c2ccc(NS(=O)(=O)c3cccc4cccnc34)cc2)CC1)=C(\C=C/C)C(F)(F)F. The summed E-state index contributed by atoms with van der Waals surface area (Å²) in [7, 11) is -3.93. The van der Waals surface area contributed by atoms with Crippen molar-refractivity contribution in [1.29, 1.82) is 0 Å². The Morgan fingerprint density at radius 1 is 1.07 bits per heavy atom. The van der Waals surface area contributed by atoms with Crippen LogP contribution < -0.4 is 4.72 Å². The van der Waals surface area contributed by atoms with E-state index in [1.54, 1.807) is 34.1 Å². The lowest BCUT2D eigenvalue weighted by Crippen LogP contribution is -2.49. The number of carbonyl (C=O) groups is 1. The first kappa shape index (κ1) is 29.0. The van der Waals surface area contributed by atoms with Crippen LogP contribution in [-0.4, -0.2) is 74.7 Å². The normalized spacial score (nSPS) is 15.8. The second kappa shape index (κ2) is 12.0. The number of para-hydroxylation sites is 1. The van der Waals surface area contributed by atoms with Crippen molar-refractivity contribution >= 4 is 39.2 Å². The average Bonchev–Trinajstić information content (AvgIpc) is 2.94. The number of pyridine rings is 1. The molecule has 1 fully saturated rings. The fourth-order valence-electron chi connectivity index (χ4n) is 4.43. The number of benzene rings is 2. The van der Waals surface area contributed by atoms with Crippen molar-refractivity contribution < 1.29 is 26.4 Å². The van der Waals surface area contributed by atoms with Crippen molar-refractivity contribution in [3.63, 3.8) is 0 Å². The Hall–Kier alpha value is -4.03. The zero-order valence-electron chi connectivity index (χ0n) is 21.7. The van der Waals surface area contributed by atoms with Crippen LogP contribution in [0, 0.1) is 0 Å². The summed E-state index contributed by atoms with van der Waals surface area (Å²) in [6.45, 7) is 6.13. The number of aromatic nitrogens is 1. The quantitative estimate of drug-likeness (QED) is 0.307. The van der Waals surface area contributed by atoms with Gasteiger partial charge < -0.3 is 4.90 Å². The zero-order chi connectivity index (χ0) is 28.9. The van der Waals surface area contributed by atoms with E-state index in [4.69, 9.17) is 0 Å². The third-order valence-electron chi connectivity index (χ3n) is 6.44. The Labute approximate surface area is 230 Å². The van der Waals surface area contributed by atoms with Gasteiger partial charge in [-0.25, -0.2) is 8.42 Å². The minimum atomic E-state index is -4.55. The van der Waals surface area contributed by atoms with E-state index in [9.17, 15) is 26.4 Å². The molecule has 1 N–H and O–H groups in total. The van der Waals surface area contributed by atoms with Gasteiger partial charge in [-0.05, 0) is 50.0 Å². The molecule has 1 aromatic heterocycles. The number of piperazine rings is 1. The number of hydrogen-bond acceptors (Lipinski definition) is 6. The zero-order valence-corrected chi connectivity index (χ0v) is 22.5. The van der Waals surface area contributed by atoms with Crippen LogP contribution in [-0.2, 0) is 10.0 Å². The summed E-state index contributed by atoms with van der Waals surface area (Å²) in [4.78, 5) is 24.3. The third-order valence-corrected chi connectivity index (χ3v) is 7.86. The third kappa shape index (κ3) is 6.57. The van der Waals surface area contributed by atoms with Crippen LogP contribution in [0.3, 0.4) is 0 Å². The fourth-order valence-corrected chi connectivity index (χ4v) is 5.67. The molecule has 0 unspecified atom stereocenters. The molecular formula is C28H28F3N5O3S. The van der Waals surface area contributed by atoms with Crippen molar-refractivity contribution in [2.45, 2.75) is 18.0 Å². The van der Waals surface area contributed by atoms with Crippen molar-refractivity contribution in [3.8, 4) is 0 Å². The molecule has 210 valence electrons. The average molecular weight is 572 g/mol. The summed E-state index contributed by atoms with van der Waals surface area (Å²) in [6.07, 6.45) is -0.738. The first-order valence-corrected chi connectivity index (χ1v) is 13.9. The molecule has 0 aliphatic carbocycles. The molecule has 8 nitrogen and oxygen atoms in total. The Balaban J connectivity index is 1.39. The summed E-state index contributed by atoms with van der Waals surface area (Å²) in [5.74, 6) is -0.255. The Morgan fingerprint density at radius 3 is 2.38 bits per heavy atom. The second-order valence-corrected chi connectivity index (χ2v) is 10.7. The molecule has 0 saturated carbocycles. The van der Waals surface area contributed by atoms with E-state index >= 15 is 0 Å². The molecule has 1 saturated heterocycles. The predicted molar refractivity (Wildman–Crippen MR) is 149 cm³/mol. The number of nitrogens with one attached hydrogen (secondary N) is 1. The van der Waals surface area contributed by atoms with Crippen molar-refractivity contribution in [1.82, 2.24) is 14.8 Å². The number of alkyl halides is 3. The number of aliphatic imine (C=N–C) groups is 1. The lowest BCUT2D eigenvalue weighted by Gasteiger charge is -2.35. The largest absolute Gasteiger partial charge is 0.418 e. The number of sulfonamides is 1. The van der Waals surface area contributed by atoms with Gasteiger partial charge in [0.1, 0.15) is 4.90 Å². The number of halogens is 3. The number of carbonyl (C=O) groups excluding carboxylic acids is 1. The van der Waals surface area contributed by atoms with E-state index in [1.807, 2.05) is 0 Å². The minimum Gasteiger partial charge on any atom is -0.336 e. The molecule has 0 atom stereocenters. The van der Waals surface area contributed by atoms with Crippen LogP contribution >= 0.6 is 0 Å². The fraction of sp³-hybridized carbons (Fsp3) is 0.250. The summed E-state index contributed by atoms with van der Waals surface area (Å²) in [5.41, 5.74) is 0.00108. The van der Waals surface area contributed by atoms with Gasteiger partial charge in [0, 0.05) is 55.6 Å². The monoisotopic (exact) mass is 571 g/mol. The lowest BCUT2D eigenvalue weighted by molar-refractivity contribution is -0.0893. The molecule has 2 aromatic carbocycles. The number of amides is 1. The van der Waals surface area contributed by atoms with Crippen molar-refractivity contribution in [2.75, 3.05) is 37.4 Å². The number of allylic oxidation sites excluding steroid dienone is 3. The maximum Gasteiger partial charge on any atom is 0.418 e. The van der Waals surface area contributed by atoms with Gasteiger partial charge >= 0.3 is 6.18 Å². The summed E-state index contributed by atoms with van der Waals surface area (Å²) in [5, 5.41) is 0.693. The highest BCUT2D eigenvalue weighted by Crippen LogP contribution is 2.30. The molecule has 0 bridgehead atoms. The van der Waals surface area contributed by atoms with E-state index in [0.717, 1.165) is 6.08 Å². The molecule has 3 aromatic rings. The molecule has 12 heteroatoms. The van der Waals surface area contributed by atoms with Gasteiger partial charge in [0.15, 0.2) is 0 Å². The molecule has 40 heavy (non-hydrogen) atoms. The molecule has 1 aliphatic rings. The first-order chi connectivity index (χ1) is 19.0. The predicted octanol–water partition coefficient (Wildman–Crippen LogP) is 4.89.